The van der Waals surface area contributed by atoms with Crippen molar-refractivity contribution in [2.24, 2.45) is 11.8 Å². The van der Waals surface area contributed by atoms with E-state index >= 15 is 0 Å². The molecule has 2 atom stereocenters. The fourth-order valence-corrected chi connectivity index (χ4v) is 4.55. The number of rotatable bonds is 4. The van der Waals surface area contributed by atoms with Gasteiger partial charge < -0.3 is 14.5 Å². The summed E-state index contributed by atoms with van der Waals surface area (Å²) >= 11 is 0. The Morgan fingerprint density at radius 2 is 1.92 bits per heavy atom. The van der Waals surface area contributed by atoms with Gasteiger partial charge in [-0.2, -0.15) is 5.26 Å². The normalized spacial score (nSPS) is 33.0. The second kappa shape index (κ2) is 7.71. The van der Waals surface area contributed by atoms with Gasteiger partial charge in [-0.05, 0) is 37.5 Å². The van der Waals surface area contributed by atoms with Crippen LogP contribution in [0.15, 0.2) is 0 Å². The van der Waals surface area contributed by atoms with E-state index in [1.54, 1.807) is 12.0 Å². The second-order valence-electron chi connectivity index (χ2n) is 7.63. The maximum atomic E-state index is 12.9. The van der Waals surface area contributed by atoms with Crippen molar-refractivity contribution in [3.63, 3.8) is 0 Å². The fraction of sp³-hybridized carbons (Fsp3) is 0.889. The van der Waals surface area contributed by atoms with Crippen LogP contribution in [0.3, 0.4) is 0 Å². The summed E-state index contributed by atoms with van der Waals surface area (Å²) in [6.45, 7) is 7.06. The molecule has 3 aliphatic rings. The number of hydrogen-bond donors (Lipinski definition) is 0. The van der Waals surface area contributed by atoms with Gasteiger partial charge in [-0.25, -0.2) is 0 Å². The molecular formula is C18H30N4O2. The number of hydrogen-bond acceptors (Lipinski definition) is 5. The van der Waals surface area contributed by atoms with E-state index in [9.17, 15) is 4.79 Å². The number of methoxy groups -OCH3 is 1. The molecule has 3 fully saturated rings. The molecule has 2 aliphatic heterocycles. The van der Waals surface area contributed by atoms with Gasteiger partial charge in [0.2, 0.25) is 5.91 Å². The zero-order chi connectivity index (χ0) is 17.1. The summed E-state index contributed by atoms with van der Waals surface area (Å²) in [4.78, 5) is 18.9. The topological polar surface area (TPSA) is 59.8 Å². The van der Waals surface area contributed by atoms with Crippen LogP contribution in [0.4, 0.5) is 0 Å². The molecule has 6 nitrogen and oxygen atoms in total. The van der Waals surface area contributed by atoms with Crippen LogP contribution in [0.25, 0.3) is 0 Å². The maximum absolute atomic E-state index is 12.9. The Bertz CT molecular complexity index is 484. The molecule has 3 rings (SSSR count). The molecule has 2 heterocycles. The Balaban J connectivity index is 1.54. The third kappa shape index (κ3) is 3.68. The molecule has 0 radical (unpaired) electrons. The molecule has 6 heteroatoms. The lowest BCUT2D eigenvalue weighted by Gasteiger charge is -2.46. The number of carbonyl (C=O) groups excluding carboxylic acids is 1. The number of fused-ring (bicyclic) bond motifs is 1. The predicted octanol–water partition coefficient (Wildman–Crippen LogP) is 1.14. The van der Waals surface area contributed by atoms with Gasteiger partial charge in [-0.15, -0.1) is 0 Å². The van der Waals surface area contributed by atoms with Crippen LogP contribution in [-0.4, -0.2) is 79.1 Å². The quantitative estimate of drug-likeness (QED) is 0.722. The lowest BCUT2D eigenvalue weighted by molar-refractivity contribution is -0.145. The van der Waals surface area contributed by atoms with E-state index < -0.39 is 0 Å². The van der Waals surface area contributed by atoms with Gasteiger partial charge in [0.05, 0.1) is 12.6 Å². The van der Waals surface area contributed by atoms with E-state index in [2.05, 4.69) is 22.9 Å². The Hall–Kier alpha value is -1.32. The molecule has 2 saturated heterocycles. The minimum absolute atomic E-state index is 0.122. The molecule has 1 saturated carbocycles. The lowest BCUT2D eigenvalue weighted by Crippen LogP contribution is -2.64. The van der Waals surface area contributed by atoms with E-state index in [1.807, 2.05) is 0 Å². The van der Waals surface area contributed by atoms with Gasteiger partial charge in [0.1, 0.15) is 6.04 Å². The summed E-state index contributed by atoms with van der Waals surface area (Å²) in [7, 11) is 1.81. The largest absolute Gasteiger partial charge is 0.381 e. The van der Waals surface area contributed by atoms with Crippen molar-refractivity contribution >= 4 is 5.91 Å². The summed E-state index contributed by atoms with van der Waals surface area (Å²) in [6.07, 6.45) is 7.33. The highest BCUT2D eigenvalue weighted by atomic mass is 16.5. The molecule has 24 heavy (non-hydrogen) atoms. The second-order valence-corrected chi connectivity index (χ2v) is 7.63. The van der Waals surface area contributed by atoms with Crippen LogP contribution in [0.2, 0.25) is 0 Å². The zero-order valence-corrected chi connectivity index (χ0v) is 15.0. The highest BCUT2D eigenvalue weighted by Gasteiger charge is 2.39. The monoisotopic (exact) mass is 334 g/mol. The Morgan fingerprint density at radius 1 is 1.21 bits per heavy atom. The first kappa shape index (κ1) is 17.5. The lowest BCUT2D eigenvalue weighted by atomic mass is 9.79. The average Bonchev–Trinajstić information content (AvgIpc) is 2.63. The van der Waals surface area contributed by atoms with Crippen LogP contribution in [0, 0.1) is 23.3 Å². The van der Waals surface area contributed by atoms with E-state index in [0.717, 1.165) is 45.6 Å². The first-order valence-corrected chi connectivity index (χ1v) is 9.32. The number of nitrogens with zero attached hydrogens (tertiary/aromatic N) is 4. The molecule has 0 spiro atoms. The van der Waals surface area contributed by atoms with Crippen LogP contribution in [0.1, 0.15) is 32.6 Å². The molecule has 0 bridgehead atoms. The van der Waals surface area contributed by atoms with Gasteiger partial charge >= 0.3 is 0 Å². The van der Waals surface area contributed by atoms with E-state index in [0.29, 0.717) is 24.5 Å². The molecule has 1 aliphatic carbocycles. The molecule has 0 N–H and O–H groups in total. The molecule has 0 aromatic rings. The van der Waals surface area contributed by atoms with Gasteiger partial charge in [0.15, 0.2) is 6.19 Å². The van der Waals surface area contributed by atoms with Crippen molar-refractivity contribution in [2.75, 3.05) is 46.4 Å². The smallest absolute Gasteiger partial charge is 0.241 e. The zero-order valence-electron chi connectivity index (χ0n) is 15.0. The first-order chi connectivity index (χ1) is 11.6. The molecule has 0 aromatic carbocycles. The highest BCUT2D eigenvalue weighted by molar-refractivity contribution is 5.83. The Kier molecular flexibility index (Phi) is 5.62. The number of carbonyl (C=O) groups is 1. The SMILES string of the molecule is COC1CCC(C(C)CN2CCN3CCN(C#N)C[C@@H]3C2=O)CC1. The maximum Gasteiger partial charge on any atom is 0.241 e. The van der Waals surface area contributed by atoms with E-state index in [-0.39, 0.29) is 11.9 Å². The number of piperazine rings is 2. The van der Waals surface area contributed by atoms with E-state index in [1.165, 1.54) is 12.8 Å². The standard InChI is InChI=1S/C18H30N4O2/c1-14(15-3-5-16(24-2)6-4-15)11-22-10-9-21-8-7-20(13-19)12-17(21)18(22)23/h14-17H,3-12H2,1-2H3/t14?,15?,16?,17-/m1/s1. The van der Waals surface area contributed by atoms with Crippen molar-refractivity contribution in [1.29, 1.82) is 5.26 Å². The summed E-state index contributed by atoms with van der Waals surface area (Å²) in [5.74, 6) is 1.46. The molecule has 1 amide bonds. The summed E-state index contributed by atoms with van der Waals surface area (Å²) in [6, 6.07) is -0.122. The van der Waals surface area contributed by atoms with Crippen molar-refractivity contribution in [1.82, 2.24) is 14.7 Å². The fourth-order valence-electron chi connectivity index (χ4n) is 4.55. The van der Waals surface area contributed by atoms with Gasteiger partial charge in [0, 0.05) is 39.8 Å². The number of amides is 1. The Labute approximate surface area is 145 Å². The molecular weight excluding hydrogens is 304 g/mol. The van der Waals surface area contributed by atoms with Crippen LogP contribution < -0.4 is 0 Å². The molecule has 134 valence electrons. The van der Waals surface area contributed by atoms with Crippen molar-refractivity contribution in [3.05, 3.63) is 0 Å². The van der Waals surface area contributed by atoms with Gasteiger partial charge in [-0.1, -0.05) is 6.92 Å². The van der Waals surface area contributed by atoms with Gasteiger partial charge in [0.25, 0.3) is 0 Å². The third-order valence-corrected chi connectivity index (χ3v) is 6.25. The minimum atomic E-state index is -0.122. The summed E-state index contributed by atoms with van der Waals surface area (Å²) in [5, 5.41) is 9.11. The first-order valence-electron chi connectivity index (χ1n) is 9.32. The van der Waals surface area contributed by atoms with Gasteiger partial charge in [-0.3, -0.25) is 9.69 Å². The van der Waals surface area contributed by atoms with Crippen molar-refractivity contribution in [2.45, 2.75) is 44.8 Å². The predicted molar refractivity (Wildman–Crippen MR) is 91.0 cm³/mol. The molecule has 0 aromatic heterocycles. The summed E-state index contributed by atoms with van der Waals surface area (Å²) in [5.41, 5.74) is 0. The highest BCUT2D eigenvalue weighted by Crippen LogP contribution is 2.32. The van der Waals surface area contributed by atoms with E-state index in [4.69, 9.17) is 10.00 Å². The van der Waals surface area contributed by atoms with Crippen LogP contribution in [-0.2, 0) is 9.53 Å². The number of ether oxygens (including phenoxy) is 1. The van der Waals surface area contributed by atoms with Crippen molar-refractivity contribution < 1.29 is 9.53 Å². The number of nitriles is 1. The summed E-state index contributed by atoms with van der Waals surface area (Å²) < 4.78 is 5.47. The average molecular weight is 334 g/mol. The minimum Gasteiger partial charge on any atom is -0.381 e. The Morgan fingerprint density at radius 3 is 2.58 bits per heavy atom. The third-order valence-electron chi connectivity index (χ3n) is 6.25. The van der Waals surface area contributed by atoms with Crippen LogP contribution >= 0.6 is 0 Å². The van der Waals surface area contributed by atoms with Crippen LogP contribution in [0.5, 0.6) is 0 Å². The van der Waals surface area contributed by atoms with Crippen molar-refractivity contribution in [3.8, 4) is 6.19 Å². The molecule has 1 unspecified atom stereocenters.